The molecule has 2 aromatic rings. The highest BCUT2D eigenvalue weighted by Gasteiger charge is 2.14. The minimum Gasteiger partial charge on any atom is -0.464 e. The standard InChI is InChI=1S/C10H6BrClN2O2/c1-16-9(15)8-6-4-5(11)2-3-7(6)13-10(12)14-8/h2-4H,1H3. The highest BCUT2D eigenvalue weighted by molar-refractivity contribution is 9.10. The van der Waals surface area contributed by atoms with Gasteiger partial charge in [-0.2, -0.15) is 0 Å². The van der Waals surface area contributed by atoms with Crippen molar-refractivity contribution in [1.82, 2.24) is 9.97 Å². The summed E-state index contributed by atoms with van der Waals surface area (Å²) in [6.45, 7) is 0. The van der Waals surface area contributed by atoms with E-state index in [-0.39, 0.29) is 11.0 Å². The Morgan fingerprint density at radius 1 is 1.44 bits per heavy atom. The topological polar surface area (TPSA) is 52.1 Å². The van der Waals surface area contributed by atoms with Crippen LogP contribution in [0.5, 0.6) is 0 Å². The van der Waals surface area contributed by atoms with Gasteiger partial charge in [-0.05, 0) is 29.8 Å². The summed E-state index contributed by atoms with van der Waals surface area (Å²) < 4.78 is 5.47. The number of esters is 1. The second-order valence-corrected chi connectivity index (χ2v) is 4.25. The molecule has 16 heavy (non-hydrogen) atoms. The molecule has 0 aliphatic carbocycles. The molecule has 0 unspecified atom stereocenters. The average Bonchev–Trinajstić information content (AvgIpc) is 2.27. The quantitative estimate of drug-likeness (QED) is 0.600. The van der Waals surface area contributed by atoms with Crippen LogP contribution >= 0.6 is 27.5 Å². The first-order chi connectivity index (χ1) is 7.61. The number of ether oxygens (including phenoxy) is 1. The Bertz CT molecular complexity index is 574. The smallest absolute Gasteiger partial charge is 0.357 e. The Morgan fingerprint density at radius 2 is 2.19 bits per heavy atom. The molecule has 1 aromatic heterocycles. The largest absolute Gasteiger partial charge is 0.464 e. The summed E-state index contributed by atoms with van der Waals surface area (Å²) >= 11 is 9.04. The Hall–Kier alpha value is -1.20. The van der Waals surface area contributed by atoms with Crippen LogP contribution in [0.2, 0.25) is 5.28 Å². The van der Waals surface area contributed by atoms with Gasteiger partial charge >= 0.3 is 5.97 Å². The van der Waals surface area contributed by atoms with Crippen LogP contribution in [0.3, 0.4) is 0 Å². The van der Waals surface area contributed by atoms with Crippen molar-refractivity contribution in [2.75, 3.05) is 7.11 Å². The number of carbonyl (C=O) groups excluding carboxylic acids is 1. The zero-order valence-corrected chi connectivity index (χ0v) is 10.5. The van der Waals surface area contributed by atoms with Gasteiger partial charge in [-0.1, -0.05) is 15.9 Å². The fourth-order valence-electron chi connectivity index (χ4n) is 1.32. The van der Waals surface area contributed by atoms with Gasteiger partial charge in [0, 0.05) is 9.86 Å². The molecule has 0 fully saturated rings. The third kappa shape index (κ3) is 2.01. The van der Waals surface area contributed by atoms with Crippen LogP contribution in [0.1, 0.15) is 10.5 Å². The summed E-state index contributed by atoms with van der Waals surface area (Å²) in [4.78, 5) is 19.4. The van der Waals surface area contributed by atoms with Crippen molar-refractivity contribution < 1.29 is 9.53 Å². The molecule has 0 saturated heterocycles. The molecule has 0 aliphatic heterocycles. The van der Waals surface area contributed by atoms with E-state index < -0.39 is 5.97 Å². The molecule has 82 valence electrons. The number of nitrogens with zero attached hydrogens (tertiary/aromatic N) is 2. The molecule has 0 saturated carbocycles. The first-order valence-electron chi connectivity index (χ1n) is 4.33. The van der Waals surface area contributed by atoms with Gasteiger partial charge in [0.25, 0.3) is 0 Å². The molecular weight excluding hydrogens is 295 g/mol. The maximum Gasteiger partial charge on any atom is 0.357 e. The van der Waals surface area contributed by atoms with E-state index in [4.69, 9.17) is 11.6 Å². The molecule has 0 atom stereocenters. The number of hydrogen-bond donors (Lipinski definition) is 0. The summed E-state index contributed by atoms with van der Waals surface area (Å²) in [5.74, 6) is -0.535. The van der Waals surface area contributed by atoms with Gasteiger partial charge in [0.1, 0.15) is 0 Å². The number of aromatic nitrogens is 2. The van der Waals surface area contributed by atoms with E-state index in [1.807, 2.05) is 6.07 Å². The van der Waals surface area contributed by atoms with Crippen molar-refractivity contribution in [3.8, 4) is 0 Å². The van der Waals surface area contributed by atoms with Gasteiger partial charge in [-0.3, -0.25) is 0 Å². The number of benzene rings is 1. The third-order valence-electron chi connectivity index (χ3n) is 2.01. The summed E-state index contributed by atoms with van der Waals surface area (Å²) in [7, 11) is 1.29. The predicted molar refractivity (Wildman–Crippen MR) is 63.6 cm³/mol. The normalized spacial score (nSPS) is 10.4. The predicted octanol–water partition coefficient (Wildman–Crippen LogP) is 2.83. The van der Waals surface area contributed by atoms with E-state index >= 15 is 0 Å². The van der Waals surface area contributed by atoms with Crippen molar-refractivity contribution in [1.29, 1.82) is 0 Å². The summed E-state index contributed by atoms with van der Waals surface area (Å²) in [5, 5.41) is 0.626. The lowest BCUT2D eigenvalue weighted by molar-refractivity contribution is 0.0596. The van der Waals surface area contributed by atoms with E-state index in [0.717, 1.165) is 4.47 Å². The van der Waals surface area contributed by atoms with Crippen LogP contribution < -0.4 is 0 Å². The molecule has 0 radical (unpaired) electrons. The van der Waals surface area contributed by atoms with Crippen molar-refractivity contribution in [2.24, 2.45) is 0 Å². The van der Waals surface area contributed by atoms with Crippen LogP contribution in [0.15, 0.2) is 22.7 Å². The number of methoxy groups -OCH3 is 1. The molecule has 6 heteroatoms. The van der Waals surface area contributed by atoms with Crippen LogP contribution in [0.25, 0.3) is 10.9 Å². The molecule has 2 rings (SSSR count). The van der Waals surface area contributed by atoms with Crippen molar-refractivity contribution >= 4 is 44.4 Å². The Labute approximate surface area is 105 Å². The Kier molecular flexibility index (Phi) is 3.07. The minimum absolute atomic E-state index is 0.0234. The first kappa shape index (κ1) is 11.3. The SMILES string of the molecule is COC(=O)c1nc(Cl)nc2ccc(Br)cc12. The molecule has 0 amide bonds. The van der Waals surface area contributed by atoms with E-state index in [2.05, 4.69) is 30.6 Å². The zero-order valence-electron chi connectivity index (χ0n) is 8.20. The molecule has 1 aromatic carbocycles. The molecule has 0 spiro atoms. The highest BCUT2D eigenvalue weighted by Crippen LogP contribution is 2.22. The van der Waals surface area contributed by atoms with Gasteiger partial charge in [-0.15, -0.1) is 0 Å². The molecule has 0 N–H and O–H groups in total. The van der Waals surface area contributed by atoms with E-state index in [9.17, 15) is 4.79 Å². The minimum atomic E-state index is -0.535. The second kappa shape index (κ2) is 4.35. The fraction of sp³-hybridized carbons (Fsp3) is 0.100. The van der Waals surface area contributed by atoms with Gasteiger partial charge in [0.05, 0.1) is 12.6 Å². The first-order valence-corrected chi connectivity index (χ1v) is 5.50. The van der Waals surface area contributed by atoms with Gasteiger partial charge < -0.3 is 4.74 Å². The van der Waals surface area contributed by atoms with E-state index in [1.54, 1.807) is 12.1 Å². The van der Waals surface area contributed by atoms with Crippen LogP contribution in [-0.4, -0.2) is 23.0 Å². The fourth-order valence-corrected chi connectivity index (χ4v) is 1.86. The molecule has 4 nitrogen and oxygen atoms in total. The number of rotatable bonds is 1. The van der Waals surface area contributed by atoms with Crippen molar-refractivity contribution in [3.05, 3.63) is 33.6 Å². The third-order valence-corrected chi connectivity index (χ3v) is 2.67. The number of fused-ring (bicyclic) bond motifs is 1. The van der Waals surface area contributed by atoms with Crippen LogP contribution in [-0.2, 0) is 4.74 Å². The number of hydrogen-bond acceptors (Lipinski definition) is 4. The van der Waals surface area contributed by atoms with E-state index in [0.29, 0.717) is 10.9 Å². The molecular formula is C10H6BrClN2O2. The van der Waals surface area contributed by atoms with Gasteiger partial charge in [-0.25, -0.2) is 14.8 Å². The number of halogens is 2. The lowest BCUT2D eigenvalue weighted by Gasteiger charge is -2.04. The molecule has 1 heterocycles. The Balaban J connectivity index is 2.79. The maximum absolute atomic E-state index is 11.5. The van der Waals surface area contributed by atoms with E-state index in [1.165, 1.54) is 7.11 Å². The highest BCUT2D eigenvalue weighted by atomic mass is 79.9. The zero-order chi connectivity index (χ0) is 11.7. The molecule has 0 aliphatic rings. The Morgan fingerprint density at radius 3 is 2.88 bits per heavy atom. The van der Waals surface area contributed by atoms with Crippen LogP contribution in [0.4, 0.5) is 0 Å². The average molecular weight is 302 g/mol. The van der Waals surface area contributed by atoms with Crippen molar-refractivity contribution in [2.45, 2.75) is 0 Å². The monoisotopic (exact) mass is 300 g/mol. The van der Waals surface area contributed by atoms with Crippen molar-refractivity contribution in [3.63, 3.8) is 0 Å². The van der Waals surface area contributed by atoms with Gasteiger partial charge in [0.15, 0.2) is 5.69 Å². The lowest BCUT2D eigenvalue weighted by Crippen LogP contribution is -2.06. The second-order valence-electron chi connectivity index (χ2n) is 2.99. The summed E-state index contributed by atoms with van der Waals surface area (Å²) in [6, 6.07) is 5.31. The maximum atomic E-state index is 11.5. The summed E-state index contributed by atoms with van der Waals surface area (Å²) in [6.07, 6.45) is 0. The summed E-state index contributed by atoms with van der Waals surface area (Å²) in [5.41, 5.74) is 0.766. The van der Waals surface area contributed by atoms with Gasteiger partial charge in [0.2, 0.25) is 5.28 Å². The molecule has 0 bridgehead atoms. The van der Waals surface area contributed by atoms with Crippen LogP contribution in [0, 0.1) is 0 Å². The number of carbonyl (C=O) groups is 1. The lowest BCUT2D eigenvalue weighted by atomic mass is 10.2.